The normalized spacial score (nSPS) is 13.5. The quantitative estimate of drug-likeness (QED) is 0.805. The third-order valence-corrected chi connectivity index (χ3v) is 2.97. The average Bonchev–Trinajstić information content (AvgIpc) is 2.74. The van der Waals surface area contributed by atoms with Crippen molar-refractivity contribution in [2.45, 2.75) is 39.8 Å². The van der Waals surface area contributed by atoms with E-state index in [2.05, 4.69) is 10.3 Å². The molecule has 0 spiro atoms. The molecule has 0 radical (unpaired) electrons. The zero-order chi connectivity index (χ0) is 13.1. The Morgan fingerprint density at radius 3 is 2.82 bits per heavy atom. The van der Waals surface area contributed by atoms with Crippen LogP contribution in [0.4, 0.5) is 0 Å². The molecule has 1 amide bonds. The van der Waals surface area contributed by atoms with Crippen LogP contribution in [0.1, 0.15) is 38.9 Å². The SMILES string of the molecule is CC[C@@H](N)c1cncn1CC(C)(C)C(=O)NC. The Kier molecular flexibility index (Phi) is 4.28. The molecule has 5 nitrogen and oxygen atoms in total. The van der Waals surface area contributed by atoms with Crippen LogP contribution in [0.3, 0.4) is 0 Å². The van der Waals surface area contributed by atoms with E-state index in [-0.39, 0.29) is 11.9 Å². The number of nitrogens with zero attached hydrogens (tertiary/aromatic N) is 2. The summed E-state index contributed by atoms with van der Waals surface area (Å²) in [6, 6.07) is -0.0296. The van der Waals surface area contributed by atoms with Gasteiger partial charge in [-0.25, -0.2) is 4.98 Å². The van der Waals surface area contributed by atoms with E-state index in [1.165, 1.54) is 0 Å². The third-order valence-electron chi connectivity index (χ3n) is 2.97. The standard InChI is InChI=1S/C12H22N4O/c1-5-9(13)10-6-15-8-16(10)7-12(2,3)11(17)14-4/h6,8-9H,5,7,13H2,1-4H3,(H,14,17)/t9-/m1/s1. The maximum absolute atomic E-state index is 11.7. The molecule has 0 bridgehead atoms. The van der Waals surface area contributed by atoms with Crippen molar-refractivity contribution in [1.29, 1.82) is 0 Å². The van der Waals surface area contributed by atoms with E-state index in [0.29, 0.717) is 6.54 Å². The molecule has 0 aliphatic carbocycles. The van der Waals surface area contributed by atoms with E-state index < -0.39 is 5.41 Å². The van der Waals surface area contributed by atoms with Gasteiger partial charge in [-0.1, -0.05) is 6.92 Å². The Hall–Kier alpha value is -1.36. The van der Waals surface area contributed by atoms with Crippen LogP contribution in [-0.2, 0) is 11.3 Å². The Morgan fingerprint density at radius 1 is 1.65 bits per heavy atom. The lowest BCUT2D eigenvalue weighted by Crippen LogP contribution is -2.38. The average molecular weight is 238 g/mol. The maximum atomic E-state index is 11.7. The predicted molar refractivity (Wildman–Crippen MR) is 67.3 cm³/mol. The van der Waals surface area contributed by atoms with Gasteiger partial charge in [0, 0.05) is 25.8 Å². The first-order chi connectivity index (χ1) is 7.92. The minimum atomic E-state index is -0.475. The van der Waals surface area contributed by atoms with Crippen molar-refractivity contribution in [3.63, 3.8) is 0 Å². The maximum Gasteiger partial charge on any atom is 0.227 e. The summed E-state index contributed by atoms with van der Waals surface area (Å²) in [7, 11) is 1.65. The monoisotopic (exact) mass is 238 g/mol. The lowest BCUT2D eigenvalue weighted by Gasteiger charge is -2.25. The summed E-state index contributed by atoms with van der Waals surface area (Å²) in [5.74, 6) is 0.0159. The predicted octanol–water partition coefficient (Wildman–Crippen LogP) is 1.07. The van der Waals surface area contributed by atoms with E-state index in [0.717, 1.165) is 12.1 Å². The number of aromatic nitrogens is 2. The number of nitrogens with two attached hydrogens (primary N) is 1. The molecule has 1 atom stereocenters. The molecule has 3 N–H and O–H groups in total. The van der Waals surface area contributed by atoms with Crippen molar-refractivity contribution >= 4 is 5.91 Å². The van der Waals surface area contributed by atoms with Crippen LogP contribution in [0.15, 0.2) is 12.5 Å². The molecule has 0 saturated carbocycles. The van der Waals surface area contributed by atoms with Crippen molar-refractivity contribution in [2.75, 3.05) is 7.05 Å². The van der Waals surface area contributed by atoms with Crippen LogP contribution in [0.2, 0.25) is 0 Å². The largest absolute Gasteiger partial charge is 0.359 e. The Bertz CT molecular complexity index is 384. The second-order valence-corrected chi connectivity index (χ2v) is 4.92. The highest BCUT2D eigenvalue weighted by Crippen LogP contribution is 2.21. The number of imidazole rings is 1. The van der Waals surface area contributed by atoms with E-state index in [4.69, 9.17) is 5.73 Å². The van der Waals surface area contributed by atoms with Crippen molar-refractivity contribution in [3.05, 3.63) is 18.2 Å². The van der Waals surface area contributed by atoms with E-state index in [9.17, 15) is 4.79 Å². The zero-order valence-electron chi connectivity index (χ0n) is 11.0. The van der Waals surface area contributed by atoms with Gasteiger partial charge in [0.25, 0.3) is 0 Å². The Balaban J connectivity index is 2.88. The molecule has 5 heteroatoms. The van der Waals surface area contributed by atoms with Gasteiger partial charge in [0.05, 0.1) is 17.4 Å². The summed E-state index contributed by atoms with van der Waals surface area (Å²) in [5, 5.41) is 2.68. The smallest absolute Gasteiger partial charge is 0.227 e. The first kappa shape index (κ1) is 13.7. The molecule has 0 unspecified atom stereocenters. The first-order valence-electron chi connectivity index (χ1n) is 5.90. The lowest BCUT2D eigenvalue weighted by atomic mass is 9.92. The number of nitrogens with one attached hydrogen (secondary N) is 1. The highest BCUT2D eigenvalue weighted by Gasteiger charge is 2.28. The zero-order valence-corrected chi connectivity index (χ0v) is 11.0. The van der Waals surface area contributed by atoms with Crippen molar-refractivity contribution < 1.29 is 4.79 Å². The highest BCUT2D eigenvalue weighted by molar-refractivity contribution is 5.81. The third kappa shape index (κ3) is 3.06. The van der Waals surface area contributed by atoms with Gasteiger partial charge >= 0.3 is 0 Å². The molecule has 0 aliphatic heterocycles. The van der Waals surface area contributed by atoms with Crippen molar-refractivity contribution in [3.8, 4) is 0 Å². The van der Waals surface area contributed by atoms with Crippen LogP contribution in [-0.4, -0.2) is 22.5 Å². The molecule has 96 valence electrons. The van der Waals surface area contributed by atoms with E-state index >= 15 is 0 Å². The van der Waals surface area contributed by atoms with Gasteiger partial charge in [0.2, 0.25) is 5.91 Å². The Morgan fingerprint density at radius 2 is 2.29 bits per heavy atom. The number of amides is 1. The van der Waals surface area contributed by atoms with Crippen LogP contribution in [0.25, 0.3) is 0 Å². The molecular formula is C12H22N4O. The van der Waals surface area contributed by atoms with Gasteiger partial charge in [0.1, 0.15) is 0 Å². The summed E-state index contributed by atoms with van der Waals surface area (Å²) in [6.45, 7) is 6.43. The van der Waals surface area contributed by atoms with E-state index in [1.54, 1.807) is 19.6 Å². The molecule has 1 heterocycles. The van der Waals surface area contributed by atoms with Gasteiger partial charge in [-0.2, -0.15) is 0 Å². The summed E-state index contributed by atoms with van der Waals surface area (Å²) >= 11 is 0. The van der Waals surface area contributed by atoms with Gasteiger partial charge in [-0.15, -0.1) is 0 Å². The van der Waals surface area contributed by atoms with Crippen molar-refractivity contribution in [2.24, 2.45) is 11.1 Å². The first-order valence-corrected chi connectivity index (χ1v) is 5.90. The van der Waals surface area contributed by atoms with Gasteiger partial charge in [-0.05, 0) is 20.3 Å². The summed E-state index contributed by atoms with van der Waals surface area (Å²) < 4.78 is 1.96. The van der Waals surface area contributed by atoms with Crippen molar-refractivity contribution in [1.82, 2.24) is 14.9 Å². The molecule has 0 aliphatic rings. The number of hydrogen-bond donors (Lipinski definition) is 2. The van der Waals surface area contributed by atoms with Crippen LogP contribution in [0, 0.1) is 5.41 Å². The Labute approximate surface area is 102 Å². The molecule has 0 aromatic carbocycles. The number of hydrogen-bond acceptors (Lipinski definition) is 3. The molecule has 1 aromatic rings. The molecule has 0 saturated heterocycles. The number of carbonyl (C=O) groups is 1. The minimum absolute atomic E-state index is 0.0159. The number of carbonyl (C=O) groups excluding carboxylic acids is 1. The van der Waals surface area contributed by atoms with Crippen LogP contribution in [0.5, 0.6) is 0 Å². The molecule has 1 rings (SSSR count). The fraction of sp³-hybridized carbons (Fsp3) is 0.667. The van der Waals surface area contributed by atoms with E-state index in [1.807, 2.05) is 25.3 Å². The lowest BCUT2D eigenvalue weighted by molar-refractivity contribution is -0.129. The summed E-state index contributed by atoms with van der Waals surface area (Å²) in [6.07, 6.45) is 4.36. The minimum Gasteiger partial charge on any atom is -0.359 e. The fourth-order valence-electron chi connectivity index (χ4n) is 1.82. The highest BCUT2D eigenvalue weighted by atomic mass is 16.2. The van der Waals surface area contributed by atoms with Crippen LogP contribution < -0.4 is 11.1 Å². The summed E-state index contributed by atoms with van der Waals surface area (Å²) in [5.41, 5.74) is 6.51. The fourth-order valence-corrected chi connectivity index (χ4v) is 1.82. The topological polar surface area (TPSA) is 72.9 Å². The van der Waals surface area contributed by atoms with Gasteiger partial charge < -0.3 is 15.6 Å². The molecule has 17 heavy (non-hydrogen) atoms. The number of rotatable bonds is 5. The van der Waals surface area contributed by atoms with Gasteiger partial charge in [0.15, 0.2) is 0 Å². The molecule has 0 fully saturated rings. The second kappa shape index (κ2) is 5.31. The van der Waals surface area contributed by atoms with Gasteiger partial charge in [-0.3, -0.25) is 4.79 Å². The van der Waals surface area contributed by atoms with Crippen LogP contribution >= 0.6 is 0 Å². The second-order valence-electron chi connectivity index (χ2n) is 4.92. The summed E-state index contributed by atoms with van der Waals surface area (Å²) in [4.78, 5) is 15.8. The molecular weight excluding hydrogens is 216 g/mol. The molecule has 1 aromatic heterocycles.